The van der Waals surface area contributed by atoms with Crippen LogP contribution in [0.5, 0.6) is 0 Å². The van der Waals surface area contributed by atoms with Crippen molar-refractivity contribution in [1.29, 1.82) is 0 Å². The second-order valence-corrected chi connectivity index (χ2v) is 9.44. The molecule has 1 aliphatic heterocycles. The number of hydrazone groups is 1. The number of amides is 1. The van der Waals surface area contributed by atoms with Crippen molar-refractivity contribution in [3.8, 4) is 0 Å². The molecular formula is C27H22F2N2O3S. The first-order chi connectivity index (χ1) is 17.0. The molecule has 0 bridgehead atoms. The summed E-state index contributed by atoms with van der Waals surface area (Å²) < 4.78 is 32.2. The molecule has 0 N–H and O–H groups in total. The van der Waals surface area contributed by atoms with E-state index in [2.05, 4.69) is 0 Å². The number of benzene rings is 2. The standard InChI is InChI=1S/C27H22F2N2O3S/c28-20-10-6-17(7-11-20)15-19-3-1-4-22-25(19)30-31(26(22)18-8-12-21(29)13-9-18)24(32)16-34-27(33)23-5-2-14-35-23/h2,5-15,22,26H,1,3-4,16H2. The Labute approximate surface area is 205 Å². The Morgan fingerprint density at radius 2 is 1.77 bits per heavy atom. The Morgan fingerprint density at radius 3 is 2.46 bits per heavy atom. The highest BCUT2D eigenvalue weighted by atomic mass is 32.1. The molecule has 1 fully saturated rings. The number of rotatable bonds is 5. The first kappa shape index (κ1) is 23.1. The van der Waals surface area contributed by atoms with E-state index in [9.17, 15) is 18.4 Å². The summed E-state index contributed by atoms with van der Waals surface area (Å²) in [5, 5.41) is 7.83. The lowest BCUT2D eigenvalue weighted by Gasteiger charge is -2.29. The molecule has 8 heteroatoms. The minimum absolute atomic E-state index is 0.0853. The topological polar surface area (TPSA) is 59.0 Å². The van der Waals surface area contributed by atoms with Gasteiger partial charge in [0.2, 0.25) is 0 Å². The van der Waals surface area contributed by atoms with Crippen LogP contribution < -0.4 is 0 Å². The van der Waals surface area contributed by atoms with E-state index < -0.39 is 24.5 Å². The van der Waals surface area contributed by atoms with Gasteiger partial charge in [0.1, 0.15) is 16.5 Å². The Kier molecular flexibility index (Phi) is 6.55. The summed E-state index contributed by atoms with van der Waals surface area (Å²) in [6, 6.07) is 15.2. The van der Waals surface area contributed by atoms with E-state index in [0.717, 1.165) is 41.7 Å². The Hall–Kier alpha value is -3.65. The summed E-state index contributed by atoms with van der Waals surface area (Å²) in [6.45, 7) is -0.449. The van der Waals surface area contributed by atoms with E-state index in [1.54, 1.807) is 41.8 Å². The van der Waals surface area contributed by atoms with Gasteiger partial charge in [0.25, 0.3) is 5.91 Å². The summed E-state index contributed by atoms with van der Waals surface area (Å²) >= 11 is 1.24. The van der Waals surface area contributed by atoms with Gasteiger partial charge in [-0.3, -0.25) is 4.79 Å². The molecule has 2 aliphatic rings. The third-order valence-electron chi connectivity index (χ3n) is 6.23. The summed E-state index contributed by atoms with van der Waals surface area (Å²) in [5.41, 5.74) is 3.37. The van der Waals surface area contributed by atoms with E-state index >= 15 is 0 Å². The van der Waals surface area contributed by atoms with Gasteiger partial charge in [0.15, 0.2) is 6.61 Å². The SMILES string of the molecule is O=C(OCC(=O)N1N=C2C(=Cc3ccc(F)cc3)CCCC2C1c1ccc(F)cc1)c1cccs1. The number of thiophene rings is 1. The predicted octanol–water partition coefficient (Wildman–Crippen LogP) is 6.01. The molecular weight excluding hydrogens is 470 g/mol. The average Bonchev–Trinajstić information content (AvgIpc) is 3.53. The van der Waals surface area contributed by atoms with Crippen LogP contribution in [0.3, 0.4) is 0 Å². The van der Waals surface area contributed by atoms with E-state index in [4.69, 9.17) is 9.84 Å². The fourth-order valence-corrected chi connectivity index (χ4v) is 5.24. The lowest BCUT2D eigenvalue weighted by molar-refractivity contribution is -0.137. The zero-order valence-electron chi connectivity index (χ0n) is 18.7. The van der Waals surface area contributed by atoms with Crippen molar-refractivity contribution in [3.05, 3.63) is 99.3 Å². The number of esters is 1. The van der Waals surface area contributed by atoms with Crippen LogP contribution >= 0.6 is 11.3 Å². The highest BCUT2D eigenvalue weighted by Gasteiger charge is 2.43. The van der Waals surface area contributed by atoms with Gasteiger partial charge in [-0.1, -0.05) is 30.3 Å². The molecule has 2 unspecified atom stereocenters. The minimum atomic E-state index is -0.562. The molecule has 0 spiro atoms. The molecule has 5 nitrogen and oxygen atoms in total. The van der Waals surface area contributed by atoms with Crippen LogP contribution in [0.25, 0.3) is 6.08 Å². The second-order valence-electron chi connectivity index (χ2n) is 8.49. The maximum Gasteiger partial charge on any atom is 0.348 e. The lowest BCUT2D eigenvalue weighted by atomic mass is 9.77. The normalized spacial score (nSPS) is 20.5. The Balaban J connectivity index is 1.45. The van der Waals surface area contributed by atoms with Crippen LogP contribution in [0.15, 0.2) is 76.7 Å². The maximum absolute atomic E-state index is 13.6. The van der Waals surface area contributed by atoms with Crippen molar-refractivity contribution in [3.63, 3.8) is 0 Å². The van der Waals surface area contributed by atoms with Crippen molar-refractivity contribution < 1.29 is 23.1 Å². The van der Waals surface area contributed by atoms with Gasteiger partial charge in [-0.15, -0.1) is 11.3 Å². The molecule has 0 radical (unpaired) electrons. The highest BCUT2D eigenvalue weighted by Crippen LogP contribution is 2.44. The van der Waals surface area contributed by atoms with Crippen LogP contribution in [0.1, 0.15) is 46.1 Å². The van der Waals surface area contributed by atoms with Gasteiger partial charge in [-0.05, 0) is 77.8 Å². The zero-order valence-corrected chi connectivity index (χ0v) is 19.5. The summed E-state index contributed by atoms with van der Waals surface area (Å²) in [6.07, 6.45) is 4.44. The van der Waals surface area contributed by atoms with Crippen molar-refractivity contribution >= 4 is 35.0 Å². The van der Waals surface area contributed by atoms with Gasteiger partial charge < -0.3 is 4.74 Å². The van der Waals surface area contributed by atoms with E-state index in [1.165, 1.54) is 40.6 Å². The number of carbonyl (C=O) groups is 2. The van der Waals surface area contributed by atoms with Crippen molar-refractivity contribution in [2.24, 2.45) is 11.0 Å². The van der Waals surface area contributed by atoms with E-state index in [1.807, 2.05) is 6.08 Å². The number of hydrogen-bond acceptors (Lipinski definition) is 5. The number of fused-ring (bicyclic) bond motifs is 1. The van der Waals surface area contributed by atoms with E-state index in [-0.39, 0.29) is 17.6 Å². The quantitative estimate of drug-likeness (QED) is 0.410. The van der Waals surface area contributed by atoms with Crippen molar-refractivity contribution in [2.45, 2.75) is 25.3 Å². The largest absolute Gasteiger partial charge is 0.451 e. The molecule has 3 aromatic rings. The van der Waals surface area contributed by atoms with Crippen molar-refractivity contribution in [2.75, 3.05) is 6.61 Å². The average molecular weight is 493 g/mol. The first-order valence-corrected chi connectivity index (χ1v) is 12.2. The van der Waals surface area contributed by atoms with Crippen LogP contribution in [0, 0.1) is 17.6 Å². The third kappa shape index (κ3) is 4.93. The molecule has 35 heavy (non-hydrogen) atoms. The summed E-state index contributed by atoms with van der Waals surface area (Å²) in [7, 11) is 0. The smallest absolute Gasteiger partial charge is 0.348 e. The van der Waals surface area contributed by atoms with Gasteiger partial charge >= 0.3 is 5.97 Å². The van der Waals surface area contributed by atoms with Gasteiger partial charge in [0.05, 0.1) is 11.8 Å². The van der Waals surface area contributed by atoms with Crippen LogP contribution in [-0.2, 0) is 9.53 Å². The number of carbonyl (C=O) groups excluding carboxylic acids is 2. The molecule has 178 valence electrons. The second kappa shape index (κ2) is 9.92. The maximum atomic E-state index is 13.6. The molecule has 2 atom stereocenters. The lowest BCUT2D eigenvalue weighted by Crippen LogP contribution is -2.34. The van der Waals surface area contributed by atoms with Crippen LogP contribution in [0.2, 0.25) is 0 Å². The Morgan fingerprint density at radius 1 is 1.06 bits per heavy atom. The monoisotopic (exact) mass is 492 g/mol. The number of allylic oxidation sites excluding steroid dienone is 1. The zero-order chi connectivity index (χ0) is 24.4. The highest BCUT2D eigenvalue weighted by molar-refractivity contribution is 7.11. The number of ether oxygens (including phenoxy) is 1. The van der Waals surface area contributed by atoms with Crippen LogP contribution in [-0.4, -0.2) is 29.2 Å². The Bertz CT molecular complexity index is 1280. The molecule has 1 aromatic heterocycles. The molecule has 1 aliphatic carbocycles. The first-order valence-electron chi connectivity index (χ1n) is 11.3. The van der Waals surface area contributed by atoms with Crippen molar-refractivity contribution in [1.82, 2.24) is 5.01 Å². The fraction of sp³-hybridized carbons (Fsp3) is 0.222. The third-order valence-corrected chi connectivity index (χ3v) is 7.08. The summed E-state index contributed by atoms with van der Waals surface area (Å²) in [5.74, 6) is -1.77. The summed E-state index contributed by atoms with van der Waals surface area (Å²) in [4.78, 5) is 25.9. The fourth-order valence-electron chi connectivity index (χ4n) is 4.62. The molecule has 5 rings (SSSR count). The molecule has 2 aromatic carbocycles. The van der Waals surface area contributed by atoms with Crippen LogP contribution in [0.4, 0.5) is 8.78 Å². The van der Waals surface area contributed by atoms with Gasteiger partial charge in [-0.2, -0.15) is 5.10 Å². The molecule has 1 amide bonds. The minimum Gasteiger partial charge on any atom is -0.451 e. The number of hydrogen-bond donors (Lipinski definition) is 0. The molecule has 0 saturated heterocycles. The van der Waals surface area contributed by atoms with E-state index in [0.29, 0.717) is 4.88 Å². The molecule has 1 saturated carbocycles. The van der Waals surface area contributed by atoms with Gasteiger partial charge in [0, 0.05) is 5.92 Å². The predicted molar refractivity (Wildman–Crippen MR) is 130 cm³/mol. The molecule has 2 heterocycles. The number of halogens is 2. The van der Waals surface area contributed by atoms with Gasteiger partial charge in [-0.25, -0.2) is 18.6 Å². The number of nitrogens with zero attached hydrogens (tertiary/aromatic N) is 2.